The highest BCUT2D eigenvalue weighted by atomic mass is 16.5. The van der Waals surface area contributed by atoms with Gasteiger partial charge in [0.25, 0.3) is 0 Å². The zero-order chi connectivity index (χ0) is 23.4. The van der Waals surface area contributed by atoms with E-state index < -0.39 is 0 Å². The fourth-order valence-corrected chi connectivity index (χ4v) is 4.22. The van der Waals surface area contributed by atoms with Crippen LogP contribution in [0.1, 0.15) is 36.4 Å². The Kier molecular flexibility index (Phi) is 7.20. The lowest BCUT2D eigenvalue weighted by Crippen LogP contribution is -2.36. The average molecular weight is 453 g/mol. The highest BCUT2D eigenvalue weighted by Gasteiger charge is 2.22. The molecule has 0 radical (unpaired) electrons. The summed E-state index contributed by atoms with van der Waals surface area (Å²) in [5, 5.41) is 7.51. The number of hydrogen-bond acceptors (Lipinski definition) is 7. The smallest absolute Gasteiger partial charge is 0.225 e. The monoisotopic (exact) mass is 452 g/mol. The van der Waals surface area contributed by atoms with Crippen molar-refractivity contribution in [3.63, 3.8) is 0 Å². The van der Waals surface area contributed by atoms with E-state index in [0.29, 0.717) is 35.6 Å². The number of methoxy groups -OCH3 is 1. The molecule has 4 rings (SSSR count). The van der Waals surface area contributed by atoms with Crippen molar-refractivity contribution in [1.29, 1.82) is 0 Å². The fraction of sp³-hybridized carbons (Fsp3) is 0.500. The number of nitrogens with zero attached hydrogens (tertiary/aromatic N) is 5. The maximum atomic E-state index is 12.9. The Balaban J connectivity index is 1.49. The first-order valence-electron chi connectivity index (χ1n) is 11.4. The summed E-state index contributed by atoms with van der Waals surface area (Å²) in [6.45, 7) is 9.46. The summed E-state index contributed by atoms with van der Waals surface area (Å²) in [6.07, 6.45) is 2.50. The Bertz CT molecular complexity index is 1100. The number of aromatic nitrogens is 4. The van der Waals surface area contributed by atoms with Crippen molar-refractivity contribution in [2.24, 2.45) is 5.92 Å². The van der Waals surface area contributed by atoms with Crippen LogP contribution in [-0.2, 0) is 9.53 Å². The fourth-order valence-electron chi connectivity index (χ4n) is 4.22. The Morgan fingerprint density at radius 3 is 2.61 bits per heavy atom. The number of amides is 1. The van der Waals surface area contributed by atoms with E-state index in [1.165, 1.54) is 0 Å². The van der Waals surface area contributed by atoms with Crippen LogP contribution in [0.3, 0.4) is 0 Å². The molecule has 9 nitrogen and oxygen atoms in total. The largest absolute Gasteiger partial charge is 0.458 e. The Labute approximate surface area is 194 Å². The van der Waals surface area contributed by atoms with E-state index in [9.17, 15) is 4.79 Å². The predicted molar refractivity (Wildman–Crippen MR) is 125 cm³/mol. The quantitative estimate of drug-likeness (QED) is 0.558. The number of carbonyl (C=O) groups excluding carboxylic acids is 1. The second-order valence-corrected chi connectivity index (χ2v) is 8.71. The minimum Gasteiger partial charge on any atom is -0.458 e. The molecular formula is C24H32N6O3. The maximum absolute atomic E-state index is 12.9. The lowest BCUT2D eigenvalue weighted by molar-refractivity contribution is -0.117. The molecule has 1 fully saturated rings. The molecule has 33 heavy (non-hydrogen) atoms. The van der Waals surface area contributed by atoms with Gasteiger partial charge in [0.1, 0.15) is 11.6 Å². The van der Waals surface area contributed by atoms with Crippen molar-refractivity contribution in [3.05, 3.63) is 41.4 Å². The molecule has 0 aromatic carbocycles. The number of hydrogen-bond donors (Lipinski definition) is 1. The van der Waals surface area contributed by atoms with E-state index in [0.717, 1.165) is 56.2 Å². The third-order valence-electron chi connectivity index (χ3n) is 5.96. The van der Waals surface area contributed by atoms with E-state index in [1.54, 1.807) is 17.9 Å². The number of ether oxygens (including phenoxy) is 1. The molecule has 1 N–H and O–H groups in total. The van der Waals surface area contributed by atoms with E-state index in [1.807, 2.05) is 39.0 Å². The highest BCUT2D eigenvalue weighted by molar-refractivity contribution is 5.90. The van der Waals surface area contributed by atoms with Crippen LogP contribution in [0.4, 0.5) is 5.82 Å². The first-order chi connectivity index (χ1) is 15.9. The Morgan fingerprint density at radius 1 is 1.18 bits per heavy atom. The second-order valence-electron chi connectivity index (χ2n) is 8.71. The summed E-state index contributed by atoms with van der Waals surface area (Å²) >= 11 is 0. The summed E-state index contributed by atoms with van der Waals surface area (Å²) in [4.78, 5) is 24.4. The lowest BCUT2D eigenvalue weighted by atomic mass is 9.93. The summed E-state index contributed by atoms with van der Waals surface area (Å²) < 4.78 is 12.7. The van der Waals surface area contributed by atoms with Gasteiger partial charge in [0.2, 0.25) is 5.91 Å². The number of anilines is 1. The molecule has 1 aliphatic rings. The van der Waals surface area contributed by atoms with E-state index >= 15 is 0 Å². The predicted octanol–water partition coefficient (Wildman–Crippen LogP) is 3.53. The molecular weight excluding hydrogens is 420 g/mol. The molecule has 0 unspecified atom stereocenters. The zero-order valence-electron chi connectivity index (χ0n) is 19.8. The third kappa shape index (κ3) is 5.85. The van der Waals surface area contributed by atoms with Crippen molar-refractivity contribution in [2.75, 3.05) is 38.7 Å². The standard InChI is InChI=1S/C24H32N6O3/c1-16-13-17(2)30(28-16)22-15-21(26-24(27-22)20-6-5-18(3)33-20)25-23(31)14-19-7-9-29(10-8-19)11-12-32-4/h5-6,13,15,19H,7-12,14H2,1-4H3,(H,25,26,27,31). The summed E-state index contributed by atoms with van der Waals surface area (Å²) in [5.74, 6) is 3.09. The van der Waals surface area contributed by atoms with Gasteiger partial charge in [0.15, 0.2) is 17.4 Å². The lowest BCUT2D eigenvalue weighted by Gasteiger charge is -2.31. The minimum atomic E-state index is -0.0371. The van der Waals surface area contributed by atoms with E-state index in [-0.39, 0.29) is 5.91 Å². The highest BCUT2D eigenvalue weighted by Crippen LogP contribution is 2.24. The Morgan fingerprint density at radius 2 is 1.97 bits per heavy atom. The number of carbonyl (C=O) groups is 1. The van der Waals surface area contributed by atoms with E-state index in [4.69, 9.17) is 9.15 Å². The van der Waals surface area contributed by atoms with Crippen molar-refractivity contribution < 1.29 is 13.9 Å². The molecule has 1 amide bonds. The Hall–Kier alpha value is -3.04. The van der Waals surface area contributed by atoms with Gasteiger partial charge in [0.05, 0.1) is 12.3 Å². The summed E-state index contributed by atoms with van der Waals surface area (Å²) in [7, 11) is 1.73. The normalized spacial score (nSPS) is 15.2. The van der Waals surface area contributed by atoms with Crippen LogP contribution in [0, 0.1) is 26.7 Å². The maximum Gasteiger partial charge on any atom is 0.225 e. The minimum absolute atomic E-state index is 0.0371. The van der Waals surface area contributed by atoms with Gasteiger partial charge < -0.3 is 19.4 Å². The molecule has 176 valence electrons. The van der Waals surface area contributed by atoms with Crippen molar-refractivity contribution in [3.8, 4) is 17.4 Å². The molecule has 3 aromatic heterocycles. The average Bonchev–Trinajstić information content (AvgIpc) is 3.37. The first-order valence-corrected chi connectivity index (χ1v) is 11.4. The number of aryl methyl sites for hydroxylation is 3. The molecule has 0 aliphatic carbocycles. The number of piperidine rings is 1. The molecule has 4 heterocycles. The summed E-state index contributed by atoms with van der Waals surface area (Å²) in [6, 6.07) is 7.44. The second kappa shape index (κ2) is 10.3. The molecule has 0 bridgehead atoms. The van der Waals surface area contributed by atoms with Gasteiger partial charge in [-0.25, -0.2) is 14.6 Å². The van der Waals surface area contributed by atoms with Crippen molar-refractivity contribution >= 4 is 11.7 Å². The molecule has 9 heteroatoms. The number of furan rings is 1. The van der Waals surface area contributed by atoms with Gasteiger partial charge in [-0.15, -0.1) is 0 Å². The van der Waals surface area contributed by atoms with Crippen molar-refractivity contribution in [2.45, 2.75) is 40.0 Å². The molecule has 0 saturated carbocycles. The van der Waals surface area contributed by atoms with E-state index in [2.05, 4.69) is 25.3 Å². The number of likely N-dealkylation sites (tertiary alicyclic amines) is 1. The SMILES string of the molecule is COCCN1CCC(CC(=O)Nc2cc(-n3nc(C)cc3C)nc(-c3ccc(C)o3)n2)CC1. The van der Waals surface area contributed by atoms with Gasteiger partial charge in [0, 0.05) is 31.8 Å². The van der Waals surface area contributed by atoms with Crippen LogP contribution in [-0.4, -0.2) is 63.9 Å². The molecule has 0 spiro atoms. The van der Waals surface area contributed by atoms with Gasteiger partial charge in [-0.3, -0.25) is 4.79 Å². The van der Waals surface area contributed by atoms with Crippen molar-refractivity contribution in [1.82, 2.24) is 24.6 Å². The molecule has 0 atom stereocenters. The van der Waals surface area contributed by atoms with Crippen LogP contribution < -0.4 is 5.32 Å². The molecule has 3 aromatic rings. The van der Waals surface area contributed by atoms with Gasteiger partial charge in [-0.2, -0.15) is 5.10 Å². The third-order valence-corrected chi connectivity index (χ3v) is 5.96. The van der Waals surface area contributed by atoms with Crippen LogP contribution in [0.25, 0.3) is 17.4 Å². The van der Waals surface area contributed by atoms with Gasteiger partial charge in [-0.1, -0.05) is 0 Å². The number of rotatable bonds is 8. The molecule has 1 aliphatic heterocycles. The van der Waals surface area contributed by atoms with Crippen LogP contribution in [0.5, 0.6) is 0 Å². The van der Waals surface area contributed by atoms with Crippen LogP contribution in [0.15, 0.2) is 28.7 Å². The topological polar surface area (TPSA) is 98.3 Å². The van der Waals surface area contributed by atoms with Gasteiger partial charge in [-0.05, 0) is 70.8 Å². The van der Waals surface area contributed by atoms with Crippen LogP contribution in [0.2, 0.25) is 0 Å². The molecule has 1 saturated heterocycles. The van der Waals surface area contributed by atoms with Crippen LogP contribution >= 0.6 is 0 Å². The number of nitrogens with one attached hydrogen (secondary N) is 1. The zero-order valence-corrected chi connectivity index (χ0v) is 19.8. The van der Waals surface area contributed by atoms with Gasteiger partial charge >= 0.3 is 0 Å². The summed E-state index contributed by atoms with van der Waals surface area (Å²) in [5.41, 5.74) is 1.84. The first kappa shape index (κ1) is 23.1.